The van der Waals surface area contributed by atoms with Crippen molar-refractivity contribution in [2.45, 2.75) is 33.2 Å². The molecule has 0 spiro atoms. The SMILES string of the molecule is Cc1cc(-c2cc(=O)n(CC(=O)NCCN3CCCC(C)C3)nc2-c2cccs2)on1. The number of carbonyl (C=O) groups excluding carboxylic acids is 1. The number of hydrogen-bond acceptors (Lipinski definition) is 7. The Morgan fingerprint density at radius 1 is 1.39 bits per heavy atom. The largest absolute Gasteiger partial charge is 0.356 e. The molecule has 1 fully saturated rings. The number of aryl methyl sites for hydroxylation is 1. The van der Waals surface area contributed by atoms with Gasteiger partial charge in [0.05, 0.1) is 16.1 Å². The van der Waals surface area contributed by atoms with Crippen LogP contribution in [0.5, 0.6) is 0 Å². The van der Waals surface area contributed by atoms with E-state index in [4.69, 9.17) is 4.52 Å². The summed E-state index contributed by atoms with van der Waals surface area (Å²) in [7, 11) is 0. The second-order valence-corrected chi connectivity index (χ2v) is 9.06. The molecular formula is C22H27N5O3S. The van der Waals surface area contributed by atoms with Crippen LogP contribution in [-0.2, 0) is 11.3 Å². The van der Waals surface area contributed by atoms with Crippen LogP contribution in [0.1, 0.15) is 25.5 Å². The Balaban J connectivity index is 1.47. The number of nitrogens with one attached hydrogen (secondary N) is 1. The van der Waals surface area contributed by atoms with Crippen molar-refractivity contribution in [3.05, 3.63) is 45.7 Å². The summed E-state index contributed by atoms with van der Waals surface area (Å²) in [5, 5.41) is 13.3. The minimum Gasteiger partial charge on any atom is -0.356 e. The average Bonchev–Trinajstić information content (AvgIpc) is 3.41. The fraction of sp³-hybridized carbons (Fsp3) is 0.455. The molecule has 0 bridgehead atoms. The van der Waals surface area contributed by atoms with E-state index in [0.717, 1.165) is 30.2 Å². The number of aromatic nitrogens is 3. The van der Waals surface area contributed by atoms with E-state index in [9.17, 15) is 9.59 Å². The Kier molecular flexibility index (Phi) is 6.62. The highest BCUT2D eigenvalue weighted by Gasteiger charge is 2.19. The van der Waals surface area contributed by atoms with Crippen molar-refractivity contribution in [1.29, 1.82) is 0 Å². The smallest absolute Gasteiger partial charge is 0.268 e. The molecule has 0 aromatic carbocycles. The van der Waals surface area contributed by atoms with Crippen LogP contribution >= 0.6 is 11.3 Å². The van der Waals surface area contributed by atoms with Crippen LogP contribution < -0.4 is 10.9 Å². The van der Waals surface area contributed by atoms with Crippen LogP contribution in [0.2, 0.25) is 0 Å². The maximum atomic E-state index is 12.7. The lowest BCUT2D eigenvalue weighted by molar-refractivity contribution is -0.122. The molecule has 1 atom stereocenters. The van der Waals surface area contributed by atoms with Gasteiger partial charge < -0.3 is 14.7 Å². The Bertz CT molecular complexity index is 1090. The van der Waals surface area contributed by atoms with Gasteiger partial charge in [-0.05, 0) is 43.7 Å². The molecule has 9 heteroatoms. The summed E-state index contributed by atoms with van der Waals surface area (Å²) in [6.07, 6.45) is 2.48. The predicted molar refractivity (Wildman–Crippen MR) is 120 cm³/mol. The molecule has 1 aliphatic rings. The van der Waals surface area contributed by atoms with Crippen LogP contribution in [0.3, 0.4) is 0 Å². The Hall–Kier alpha value is -2.78. The topological polar surface area (TPSA) is 93.3 Å². The quantitative estimate of drug-likeness (QED) is 0.606. The van der Waals surface area contributed by atoms with Crippen molar-refractivity contribution in [1.82, 2.24) is 25.2 Å². The van der Waals surface area contributed by atoms with Crippen molar-refractivity contribution in [2.24, 2.45) is 5.92 Å². The highest BCUT2D eigenvalue weighted by atomic mass is 32.1. The number of thiophene rings is 1. The van der Waals surface area contributed by atoms with Crippen LogP contribution in [0, 0.1) is 12.8 Å². The number of likely N-dealkylation sites (tertiary alicyclic amines) is 1. The molecule has 1 aliphatic heterocycles. The first-order valence-corrected chi connectivity index (χ1v) is 11.5. The molecule has 1 N–H and O–H groups in total. The molecule has 4 heterocycles. The number of carbonyl (C=O) groups is 1. The fourth-order valence-electron chi connectivity index (χ4n) is 3.91. The fourth-order valence-corrected chi connectivity index (χ4v) is 4.64. The molecule has 0 saturated carbocycles. The summed E-state index contributed by atoms with van der Waals surface area (Å²) < 4.78 is 6.57. The number of rotatable bonds is 7. The van der Waals surface area contributed by atoms with E-state index in [1.165, 1.54) is 34.9 Å². The Labute approximate surface area is 184 Å². The summed E-state index contributed by atoms with van der Waals surface area (Å²) in [6, 6.07) is 7.07. The van der Waals surface area contributed by atoms with Crippen molar-refractivity contribution >= 4 is 17.2 Å². The van der Waals surface area contributed by atoms with Gasteiger partial charge in [-0.2, -0.15) is 5.10 Å². The third-order valence-electron chi connectivity index (χ3n) is 5.43. The first-order valence-electron chi connectivity index (χ1n) is 10.6. The Morgan fingerprint density at radius 3 is 2.97 bits per heavy atom. The number of piperidine rings is 1. The molecule has 1 unspecified atom stereocenters. The number of hydrogen-bond donors (Lipinski definition) is 1. The molecule has 8 nitrogen and oxygen atoms in total. The van der Waals surface area contributed by atoms with E-state index in [-0.39, 0.29) is 18.0 Å². The monoisotopic (exact) mass is 441 g/mol. The first-order chi connectivity index (χ1) is 15.0. The van der Waals surface area contributed by atoms with Crippen LogP contribution in [0.15, 0.2) is 39.0 Å². The van der Waals surface area contributed by atoms with Gasteiger partial charge >= 0.3 is 0 Å². The molecule has 0 radical (unpaired) electrons. The van der Waals surface area contributed by atoms with Gasteiger partial charge in [0, 0.05) is 31.8 Å². The zero-order valence-electron chi connectivity index (χ0n) is 17.8. The minimum atomic E-state index is -0.357. The molecule has 3 aromatic heterocycles. The second-order valence-electron chi connectivity index (χ2n) is 8.11. The van der Waals surface area contributed by atoms with Crippen LogP contribution in [0.25, 0.3) is 21.9 Å². The maximum absolute atomic E-state index is 12.7. The number of nitrogens with zero attached hydrogens (tertiary/aromatic N) is 4. The number of amides is 1. The summed E-state index contributed by atoms with van der Waals surface area (Å²) in [4.78, 5) is 28.4. The van der Waals surface area contributed by atoms with Gasteiger partial charge in [-0.15, -0.1) is 11.3 Å². The summed E-state index contributed by atoms with van der Waals surface area (Å²) in [6.45, 7) is 7.50. The van der Waals surface area contributed by atoms with Gasteiger partial charge in [0.25, 0.3) is 5.56 Å². The molecule has 0 aliphatic carbocycles. The van der Waals surface area contributed by atoms with Gasteiger partial charge in [0.15, 0.2) is 5.76 Å². The highest BCUT2D eigenvalue weighted by molar-refractivity contribution is 7.13. The van der Waals surface area contributed by atoms with Crippen molar-refractivity contribution in [2.75, 3.05) is 26.2 Å². The highest BCUT2D eigenvalue weighted by Crippen LogP contribution is 2.32. The maximum Gasteiger partial charge on any atom is 0.268 e. The summed E-state index contributed by atoms with van der Waals surface area (Å²) in [5.41, 5.74) is 1.54. The van der Waals surface area contributed by atoms with Crippen LogP contribution in [0.4, 0.5) is 0 Å². The molecule has 4 rings (SSSR count). The molecule has 164 valence electrons. The van der Waals surface area contributed by atoms with Gasteiger partial charge in [-0.1, -0.05) is 18.1 Å². The van der Waals surface area contributed by atoms with Crippen molar-refractivity contribution < 1.29 is 9.32 Å². The summed E-state index contributed by atoms with van der Waals surface area (Å²) in [5.74, 6) is 0.965. The Morgan fingerprint density at radius 2 is 2.26 bits per heavy atom. The molecular weight excluding hydrogens is 414 g/mol. The molecule has 31 heavy (non-hydrogen) atoms. The standard InChI is InChI=1S/C22H27N5O3S/c1-15-5-3-8-26(13-15)9-7-23-20(28)14-27-21(29)12-17(18-11-16(2)25-30-18)22(24-27)19-6-4-10-31-19/h4,6,10-12,15H,3,5,7-9,13-14H2,1-2H3,(H,23,28). The zero-order chi connectivity index (χ0) is 21.8. The second kappa shape index (κ2) is 9.57. The third kappa shape index (κ3) is 5.29. The van der Waals surface area contributed by atoms with E-state index in [1.54, 1.807) is 6.07 Å². The van der Waals surface area contributed by atoms with E-state index in [0.29, 0.717) is 29.5 Å². The van der Waals surface area contributed by atoms with E-state index < -0.39 is 0 Å². The van der Waals surface area contributed by atoms with Gasteiger partial charge in [0.1, 0.15) is 12.2 Å². The third-order valence-corrected chi connectivity index (χ3v) is 6.31. The summed E-state index contributed by atoms with van der Waals surface area (Å²) >= 11 is 1.51. The zero-order valence-corrected chi connectivity index (χ0v) is 18.7. The van der Waals surface area contributed by atoms with Crippen molar-refractivity contribution in [3.63, 3.8) is 0 Å². The van der Waals surface area contributed by atoms with E-state index >= 15 is 0 Å². The predicted octanol–water partition coefficient (Wildman–Crippen LogP) is 2.78. The van der Waals surface area contributed by atoms with Gasteiger partial charge in [0.2, 0.25) is 5.91 Å². The minimum absolute atomic E-state index is 0.122. The molecule has 3 aromatic rings. The van der Waals surface area contributed by atoms with Crippen LogP contribution in [-0.4, -0.2) is 51.9 Å². The van der Waals surface area contributed by atoms with E-state index in [1.807, 2.05) is 24.4 Å². The molecule has 1 saturated heterocycles. The lowest BCUT2D eigenvalue weighted by Crippen LogP contribution is -2.41. The van der Waals surface area contributed by atoms with Crippen molar-refractivity contribution in [3.8, 4) is 21.9 Å². The normalized spacial score (nSPS) is 17.0. The molecule has 1 amide bonds. The van der Waals surface area contributed by atoms with E-state index in [2.05, 4.69) is 27.4 Å². The van der Waals surface area contributed by atoms with Gasteiger partial charge in [-0.3, -0.25) is 9.59 Å². The average molecular weight is 442 g/mol. The van der Waals surface area contributed by atoms with Gasteiger partial charge in [-0.25, -0.2) is 4.68 Å². The lowest BCUT2D eigenvalue weighted by atomic mass is 10.0. The first kappa shape index (κ1) is 21.5. The lowest BCUT2D eigenvalue weighted by Gasteiger charge is -2.30.